The lowest BCUT2D eigenvalue weighted by Gasteiger charge is -2.14. The van der Waals surface area contributed by atoms with E-state index in [0.717, 1.165) is 28.6 Å². The predicted octanol–water partition coefficient (Wildman–Crippen LogP) is 3.23. The van der Waals surface area contributed by atoms with Crippen LogP contribution in [0.1, 0.15) is 35.7 Å². The first-order chi connectivity index (χ1) is 13.4. The summed E-state index contributed by atoms with van der Waals surface area (Å²) in [5, 5.41) is 8.37. The van der Waals surface area contributed by atoms with Crippen LogP contribution in [0.15, 0.2) is 53.0 Å². The smallest absolute Gasteiger partial charge is 0.251 e. The fourth-order valence-corrected chi connectivity index (χ4v) is 2.85. The van der Waals surface area contributed by atoms with Crippen LogP contribution in [0.5, 0.6) is 0 Å². The Bertz CT molecular complexity index is 861. The van der Waals surface area contributed by atoms with Gasteiger partial charge in [0, 0.05) is 28.2 Å². The molecule has 1 fully saturated rings. The molecule has 0 radical (unpaired) electrons. The molecule has 0 spiro atoms. The summed E-state index contributed by atoms with van der Waals surface area (Å²) in [4.78, 5) is 36.2. The third-order valence-electron chi connectivity index (χ3n) is 4.48. The van der Waals surface area contributed by atoms with E-state index in [0.29, 0.717) is 12.1 Å². The normalized spacial score (nSPS) is 14.1. The van der Waals surface area contributed by atoms with E-state index in [2.05, 4.69) is 31.9 Å². The van der Waals surface area contributed by atoms with Crippen LogP contribution in [0, 0.1) is 5.92 Å². The summed E-state index contributed by atoms with van der Waals surface area (Å²) in [6.07, 6.45) is 1.93. The number of nitrogens with one attached hydrogen (secondary N) is 3. The van der Waals surface area contributed by atoms with Crippen molar-refractivity contribution in [2.75, 3.05) is 5.32 Å². The van der Waals surface area contributed by atoms with Crippen LogP contribution in [-0.4, -0.2) is 23.8 Å². The fraction of sp³-hybridized carbons (Fsp3) is 0.286. The number of carbonyl (C=O) groups is 3. The number of carbonyl (C=O) groups excluding carboxylic acids is 3. The number of halogens is 1. The van der Waals surface area contributed by atoms with Crippen molar-refractivity contribution in [2.24, 2.45) is 5.92 Å². The van der Waals surface area contributed by atoms with E-state index in [1.54, 1.807) is 31.2 Å². The van der Waals surface area contributed by atoms with Gasteiger partial charge in [0.1, 0.15) is 6.04 Å². The van der Waals surface area contributed by atoms with Gasteiger partial charge in [0.05, 0.1) is 0 Å². The molecule has 3 amide bonds. The van der Waals surface area contributed by atoms with Crippen molar-refractivity contribution in [3.63, 3.8) is 0 Å². The van der Waals surface area contributed by atoms with Crippen molar-refractivity contribution >= 4 is 39.3 Å². The van der Waals surface area contributed by atoms with E-state index in [1.807, 2.05) is 24.3 Å². The molecule has 1 aliphatic carbocycles. The van der Waals surface area contributed by atoms with Crippen molar-refractivity contribution in [1.82, 2.24) is 10.6 Å². The van der Waals surface area contributed by atoms with E-state index in [4.69, 9.17) is 0 Å². The third-order valence-corrected chi connectivity index (χ3v) is 5.01. The first kappa shape index (κ1) is 20.1. The molecule has 28 heavy (non-hydrogen) atoms. The summed E-state index contributed by atoms with van der Waals surface area (Å²) in [5.41, 5.74) is 2.15. The highest BCUT2D eigenvalue weighted by Crippen LogP contribution is 2.30. The Hall–Kier alpha value is -2.67. The fourth-order valence-electron chi connectivity index (χ4n) is 2.58. The van der Waals surface area contributed by atoms with Crippen LogP contribution in [0.2, 0.25) is 0 Å². The lowest BCUT2D eigenvalue weighted by molar-refractivity contribution is -0.122. The van der Waals surface area contributed by atoms with Gasteiger partial charge in [-0.3, -0.25) is 14.4 Å². The average Bonchev–Trinajstić information content (AvgIpc) is 3.53. The second kappa shape index (κ2) is 9.01. The SMILES string of the molecule is CC(NC(=O)c1ccc(Br)cc1)C(=O)NCc1ccc(NC(=O)C2CC2)cc1. The van der Waals surface area contributed by atoms with Crippen LogP contribution >= 0.6 is 15.9 Å². The monoisotopic (exact) mass is 443 g/mol. The van der Waals surface area contributed by atoms with Crippen molar-refractivity contribution in [2.45, 2.75) is 32.4 Å². The van der Waals surface area contributed by atoms with Crippen molar-refractivity contribution in [1.29, 1.82) is 0 Å². The Morgan fingerprint density at radius 3 is 2.29 bits per heavy atom. The molecule has 2 aromatic carbocycles. The van der Waals surface area contributed by atoms with Gasteiger partial charge in [-0.2, -0.15) is 0 Å². The number of amides is 3. The zero-order valence-electron chi connectivity index (χ0n) is 15.5. The van der Waals surface area contributed by atoms with Gasteiger partial charge < -0.3 is 16.0 Å². The minimum absolute atomic E-state index is 0.0661. The minimum atomic E-state index is -0.659. The Morgan fingerprint density at radius 2 is 1.68 bits per heavy atom. The summed E-state index contributed by atoms with van der Waals surface area (Å²) in [7, 11) is 0. The maximum Gasteiger partial charge on any atom is 0.251 e. The quantitative estimate of drug-likeness (QED) is 0.613. The molecule has 0 aliphatic heterocycles. The summed E-state index contributed by atoms with van der Waals surface area (Å²) in [6, 6.07) is 13.6. The van der Waals surface area contributed by atoms with E-state index >= 15 is 0 Å². The van der Waals surface area contributed by atoms with Gasteiger partial charge in [0.2, 0.25) is 11.8 Å². The van der Waals surface area contributed by atoms with E-state index in [1.165, 1.54) is 0 Å². The zero-order chi connectivity index (χ0) is 20.1. The largest absolute Gasteiger partial charge is 0.350 e. The van der Waals surface area contributed by atoms with Crippen molar-refractivity contribution < 1.29 is 14.4 Å². The van der Waals surface area contributed by atoms with Crippen LogP contribution < -0.4 is 16.0 Å². The highest BCUT2D eigenvalue weighted by molar-refractivity contribution is 9.10. The molecule has 7 heteroatoms. The molecule has 3 rings (SSSR count). The second-order valence-corrected chi connectivity index (χ2v) is 7.80. The first-order valence-electron chi connectivity index (χ1n) is 9.16. The average molecular weight is 444 g/mol. The minimum Gasteiger partial charge on any atom is -0.350 e. The van der Waals surface area contributed by atoms with Gasteiger partial charge in [-0.1, -0.05) is 28.1 Å². The van der Waals surface area contributed by atoms with Crippen LogP contribution in [-0.2, 0) is 16.1 Å². The summed E-state index contributed by atoms with van der Waals surface area (Å²) >= 11 is 3.32. The predicted molar refractivity (Wildman–Crippen MR) is 111 cm³/mol. The third kappa shape index (κ3) is 5.66. The van der Waals surface area contributed by atoms with Gasteiger partial charge in [0.25, 0.3) is 5.91 Å². The zero-order valence-corrected chi connectivity index (χ0v) is 17.1. The summed E-state index contributed by atoms with van der Waals surface area (Å²) < 4.78 is 0.882. The Kier molecular flexibility index (Phi) is 6.46. The van der Waals surface area contributed by atoms with E-state index in [9.17, 15) is 14.4 Å². The number of hydrogen-bond acceptors (Lipinski definition) is 3. The molecule has 0 aromatic heterocycles. The maximum absolute atomic E-state index is 12.2. The summed E-state index contributed by atoms with van der Waals surface area (Å²) in [6.45, 7) is 1.98. The summed E-state index contributed by atoms with van der Waals surface area (Å²) in [5.74, 6) is -0.341. The number of rotatable bonds is 7. The molecule has 6 nitrogen and oxygen atoms in total. The van der Waals surface area contributed by atoms with Crippen molar-refractivity contribution in [3.8, 4) is 0 Å². The molecule has 1 saturated carbocycles. The molecule has 2 aromatic rings. The Labute approximate surface area is 172 Å². The highest BCUT2D eigenvalue weighted by Gasteiger charge is 2.29. The van der Waals surface area contributed by atoms with Gasteiger partial charge in [-0.25, -0.2) is 0 Å². The van der Waals surface area contributed by atoms with Crippen molar-refractivity contribution in [3.05, 3.63) is 64.1 Å². The molecule has 3 N–H and O–H groups in total. The molecule has 1 atom stereocenters. The van der Waals surface area contributed by atoms with Gasteiger partial charge >= 0.3 is 0 Å². The van der Waals surface area contributed by atoms with Crippen LogP contribution in [0.3, 0.4) is 0 Å². The molecule has 0 bridgehead atoms. The Balaban J connectivity index is 1.45. The lowest BCUT2D eigenvalue weighted by Crippen LogP contribution is -2.44. The van der Waals surface area contributed by atoms with E-state index in [-0.39, 0.29) is 23.6 Å². The lowest BCUT2D eigenvalue weighted by atomic mass is 10.2. The molecular formula is C21H22BrN3O3. The molecular weight excluding hydrogens is 422 g/mol. The van der Waals surface area contributed by atoms with Crippen LogP contribution in [0.4, 0.5) is 5.69 Å². The number of anilines is 1. The molecule has 1 unspecified atom stereocenters. The Morgan fingerprint density at radius 1 is 1.04 bits per heavy atom. The standard InChI is InChI=1S/C21H22BrN3O3/c1-13(24-20(27)16-6-8-17(22)9-7-16)19(26)23-12-14-2-10-18(11-3-14)25-21(28)15-4-5-15/h2-3,6-11,13,15H,4-5,12H2,1H3,(H,23,26)(H,24,27)(H,25,28). The number of hydrogen-bond donors (Lipinski definition) is 3. The maximum atomic E-state index is 12.2. The molecule has 146 valence electrons. The van der Waals surface area contributed by atoms with E-state index < -0.39 is 6.04 Å². The van der Waals surface area contributed by atoms with Gasteiger partial charge in [0.15, 0.2) is 0 Å². The molecule has 0 heterocycles. The topological polar surface area (TPSA) is 87.3 Å². The second-order valence-electron chi connectivity index (χ2n) is 6.88. The van der Waals surface area contributed by atoms with Gasteiger partial charge in [-0.05, 0) is 61.7 Å². The first-order valence-corrected chi connectivity index (χ1v) is 9.95. The molecule has 0 saturated heterocycles. The highest BCUT2D eigenvalue weighted by atomic mass is 79.9. The van der Waals surface area contributed by atoms with Crippen LogP contribution in [0.25, 0.3) is 0 Å². The molecule has 1 aliphatic rings. The van der Waals surface area contributed by atoms with Gasteiger partial charge in [-0.15, -0.1) is 0 Å². The number of benzene rings is 2.